The lowest BCUT2D eigenvalue weighted by Gasteiger charge is -2.28. The molecule has 1 amide bonds. The van der Waals surface area contributed by atoms with Crippen LogP contribution < -0.4 is 10.6 Å². The maximum Gasteiger partial charge on any atom is 0.223 e. The van der Waals surface area contributed by atoms with Gasteiger partial charge in [0.15, 0.2) is 0 Å². The number of hydrogen-bond donors (Lipinski definition) is 2. The quantitative estimate of drug-likeness (QED) is 0.896. The largest absolute Gasteiger partial charge is 0.349 e. The lowest BCUT2D eigenvalue weighted by atomic mass is 9.86. The third-order valence-electron chi connectivity index (χ3n) is 4.63. The van der Waals surface area contributed by atoms with Gasteiger partial charge in [0.25, 0.3) is 0 Å². The maximum absolute atomic E-state index is 12.4. The van der Waals surface area contributed by atoms with E-state index >= 15 is 0 Å². The van der Waals surface area contributed by atoms with Gasteiger partial charge in [-0.15, -0.1) is 0 Å². The molecule has 3 heteroatoms. The van der Waals surface area contributed by atoms with Crippen molar-refractivity contribution >= 4 is 5.91 Å². The van der Waals surface area contributed by atoms with Crippen LogP contribution in [0.15, 0.2) is 24.3 Å². The summed E-state index contributed by atoms with van der Waals surface area (Å²) < 4.78 is 0. The number of benzene rings is 1. The van der Waals surface area contributed by atoms with Crippen molar-refractivity contribution in [3.8, 4) is 0 Å². The molecule has 0 bridgehead atoms. The highest BCUT2D eigenvalue weighted by molar-refractivity contribution is 5.79. The standard InChI is InChI=1S/C19H30N2O/c1-13-12-16(10-11-20-13)18(22)21-14(2)15-6-8-17(9-7-15)19(3,4)5/h6-9,13-14,16,20H,10-12H2,1-5H3,(H,21,22)/t13-,14?,16-/m0/s1. The van der Waals surface area contributed by atoms with E-state index < -0.39 is 0 Å². The molecule has 0 saturated carbocycles. The van der Waals surface area contributed by atoms with Gasteiger partial charge in [0.2, 0.25) is 5.91 Å². The van der Waals surface area contributed by atoms with Crippen LogP contribution in [-0.4, -0.2) is 18.5 Å². The molecule has 0 aliphatic carbocycles. The van der Waals surface area contributed by atoms with Gasteiger partial charge in [-0.05, 0) is 49.8 Å². The zero-order valence-corrected chi connectivity index (χ0v) is 14.6. The zero-order chi connectivity index (χ0) is 16.3. The Morgan fingerprint density at radius 1 is 1.27 bits per heavy atom. The van der Waals surface area contributed by atoms with E-state index in [9.17, 15) is 4.79 Å². The molecule has 1 unspecified atom stereocenters. The fourth-order valence-electron chi connectivity index (χ4n) is 3.06. The first-order valence-corrected chi connectivity index (χ1v) is 8.41. The minimum Gasteiger partial charge on any atom is -0.349 e. The van der Waals surface area contributed by atoms with E-state index in [1.54, 1.807) is 0 Å². The Balaban J connectivity index is 1.96. The molecule has 0 radical (unpaired) electrons. The molecule has 122 valence electrons. The van der Waals surface area contributed by atoms with Crippen molar-refractivity contribution in [2.75, 3.05) is 6.54 Å². The Morgan fingerprint density at radius 3 is 2.45 bits per heavy atom. The Bertz CT molecular complexity index is 501. The summed E-state index contributed by atoms with van der Waals surface area (Å²) in [7, 11) is 0. The first-order valence-electron chi connectivity index (χ1n) is 8.41. The summed E-state index contributed by atoms with van der Waals surface area (Å²) in [6.07, 6.45) is 1.87. The highest BCUT2D eigenvalue weighted by Gasteiger charge is 2.25. The van der Waals surface area contributed by atoms with Crippen LogP contribution in [0.4, 0.5) is 0 Å². The molecule has 0 aromatic heterocycles. The molecule has 3 atom stereocenters. The van der Waals surface area contributed by atoms with Crippen molar-refractivity contribution in [1.29, 1.82) is 0 Å². The van der Waals surface area contributed by atoms with E-state index in [1.807, 2.05) is 0 Å². The van der Waals surface area contributed by atoms with Gasteiger partial charge >= 0.3 is 0 Å². The SMILES string of the molecule is CC(NC(=O)[C@H]1CCN[C@@H](C)C1)c1ccc(C(C)(C)C)cc1. The molecular formula is C19H30N2O. The Labute approximate surface area is 134 Å². The number of amides is 1. The van der Waals surface area contributed by atoms with Gasteiger partial charge in [0, 0.05) is 12.0 Å². The minimum absolute atomic E-state index is 0.0618. The Kier molecular flexibility index (Phi) is 5.28. The van der Waals surface area contributed by atoms with Gasteiger partial charge in [0.05, 0.1) is 6.04 Å². The monoisotopic (exact) mass is 302 g/mol. The summed E-state index contributed by atoms with van der Waals surface area (Å²) in [4.78, 5) is 12.4. The minimum atomic E-state index is 0.0618. The first-order chi connectivity index (χ1) is 10.3. The zero-order valence-electron chi connectivity index (χ0n) is 14.6. The van der Waals surface area contributed by atoms with Crippen LogP contribution in [0, 0.1) is 5.92 Å². The van der Waals surface area contributed by atoms with Gasteiger partial charge in [-0.3, -0.25) is 4.79 Å². The summed E-state index contributed by atoms with van der Waals surface area (Å²) in [5.74, 6) is 0.341. The summed E-state index contributed by atoms with van der Waals surface area (Å²) in [6, 6.07) is 9.11. The van der Waals surface area contributed by atoms with Crippen LogP contribution in [-0.2, 0) is 10.2 Å². The molecule has 2 N–H and O–H groups in total. The molecule has 1 fully saturated rings. The van der Waals surface area contributed by atoms with E-state index in [-0.39, 0.29) is 23.3 Å². The average Bonchev–Trinajstić information content (AvgIpc) is 2.46. The van der Waals surface area contributed by atoms with E-state index in [4.69, 9.17) is 0 Å². The smallest absolute Gasteiger partial charge is 0.223 e. The second-order valence-electron chi connectivity index (χ2n) is 7.68. The van der Waals surface area contributed by atoms with Crippen LogP contribution in [0.3, 0.4) is 0 Å². The van der Waals surface area contributed by atoms with E-state index in [0.29, 0.717) is 6.04 Å². The number of carbonyl (C=O) groups is 1. The molecule has 1 aromatic rings. The summed E-state index contributed by atoms with van der Waals surface area (Å²) in [5, 5.41) is 6.57. The second-order valence-corrected chi connectivity index (χ2v) is 7.68. The van der Waals surface area contributed by atoms with Crippen molar-refractivity contribution in [2.45, 2.75) is 65.0 Å². The number of rotatable bonds is 3. The van der Waals surface area contributed by atoms with Crippen molar-refractivity contribution in [3.63, 3.8) is 0 Å². The Morgan fingerprint density at radius 2 is 1.91 bits per heavy atom. The van der Waals surface area contributed by atoms with Crippen molar-refractivity contribution < 1.29 is 4.79 Å². The third-order valence-corrected chi connectivity index (χ3v) is 4.63. The Hall–Kier alpha value is -1.35. The predicted molar refractivity (Wildman–Crippen MR) is 91.9 cm³/mol. The fourth-order valence-corrected chi connectivity index (χ4v) is 3.06. The van der Waals surface area contributed by atoms with E-state index in [1.165, 1.54) is 11.1 Å². The molecule has 1 aliphatic heterocycles. The molecule has 3 nitrogen and oxygen atoms in total. The normalized spacial score (nSPS) is 23.9. The van der Waals surface area contributed by atoms with Crippen molar-refractivity contribution in [2.24, 2.45) is 5.92 Å². The first kappa shape index (κ1) is 17.0. The summed E-state index contributed by atoms with van der Waals surface area (Å²) in [6.45, 7) is 11.8. The van der Waals surface area contributed by atoms with E-state index in [2.05, 4.69) is 69.5 Å². The summed E-state index contributed by atoms with van der Waals surface area (Å²) >= 11 is 0. The molecule has 1 aromatic carbocycles. The van der Waals surface area contributed by atoms with Crippen LogP contribution in [0.5, 0.6) is 0 Å². The molecule has 1 heterocycles. The number of nitrogens with one attached hydrogen (secondary N) is 2. The second kappa shape index (κ2) is 6.82. The van der Waals surface area contributed by atoms with E-state index in [0.717, 1.165) is 19.4 Å². The van der Waals surface area contributed by atoms with Crippen LogP contribution in [0.1, 0.15) is 64.6 Å². The molecule has 22 heavy (non-hydrogen) atoms. The van der Waals surface area contributed by atoms with Gasteiger partial charge in [-0.1, -0.05) is 45.0 Å². The molecule has 0 spiro atoms. The highest BCUT2D eigenvalue weighted by Crippen LogP contribution is 2.24. The molecule has 2 rings (SSSR count). The van der Waals surface area contributed by atoms with Crippen LogP contribution >= 0.6 is 0 Å². The summed E-state index contributed by atoms with van der Waals surface area (Å²) in [5.41, 5.74) is 2.65. The van der Waals surface area contributed by atoms with Crippen molar-refractivity contribution in [1.82, 2.24) is 10.6 Å². The highest BCUT2D eigenvalue weighted by atomic mass is 16.1. The lowest BCUT2D eigenvalue weighted by Crippen LogP contribution is -2.42. The fraction of sp³-hybridized carbons (Fsp3) is 0.632. The third kappa shape index (κ3) is 4.33. The number of piperidine rings is 1. The molecule has 1 aliphatic rings. The van der Waals surface area contributed by atoms with Gasteiger partial charge < -0.3 is 10.6 Å². The molecular weight excluding hydrogens is 272 g/mol. The predicted octanol–water partition coefficient (Wildman–Crippen LogP) is 3.55. The van der Waals surface area contributed by atoms with Crippen LogP contribution in [0.25, 0.3) is 0 Å². The van der Waals surface area contributed by atoms with Gasteiger partial charge in [0.1, 0.15) is 0 Å². The lowest BCUT2D eigenvalue weighted by molar-refractivity contribution is -0.126. The number of hydrogen-bond acceptors (Lipinski definition) is 2. The molecule has 1 saturated heterocycles. The van der Waals surface area contributed by atoms with Gasteiger partial charge in [-0.25, -0.2) is 0 Å². The average molecular weight is 302 g/mol. The van der Waals surface area contributed by atoms with Crippen molar-refractivity contribution in [3.05, 3.63) is 35.4 Å². The maximum atomic E-state index is 12.4. The topological polar surface area (TPSA) is 41.1 Å². The van der Waals surface area contributed by atoms with Crippen LogP contribution in [0.2, 0.25) is 0 Å². The number of carbonyl (C=O) groups excluding carboxylic acids is 1. The van der Waals surface area contributed by atoms with Gasteiger partial charge in [-0.2, -0.15) is 0 Å².